The van der Waals surface area contributed by atoms with Crippen LogP contribution < -0.4 is 0 Å². The Morgan fingerprint density at radius 3 is 2.12 bits per heavy atom. The van der Waals surface area contributed by atoms with Crippen molar-refractivity contribution in [2.75, 3.05) is 0 Å². The molecule has 4 aromatic rings. The highest BCUT2D eigenvalue weighted by molar-refractivity contribution is 5.43. The van der Waals surface area contributed by atoms with Crippen LogP contribution in [0, 0.1) is 0 Å². The number of nitrogens with zero attached hydrogens (tertiary/aromatic N) is 6. The van der Waals surface area contributed by atoms with Crippen molar-refractivity contribution in [3.05, 3.63) is 84.2 Å². The summed E-state index contributed by atoms with van der Waals surface area (Å²) in [7, 11) is 0. The van der Waals surface area contributed by atoms with E-state index in [1.807, 2.05) is 42.6 Å². The third kappa shape index (κ3) is 2.94. The standard InChI is InChI=1S/C18H16N6/c1-3-7-15(8-4-1)13-23-12-11-19-17(23)18-20-21-22-24(18)14-16-9-5-2-6-10-16/h1-12H,13-14H2. The Morgan fingerprint density at radius 1 is 0.750 bits per heavy atom. The molecule has 0 saturated heterocycles. The lowest BCUT2D eigenvalue weighted by Gasteiger charge is -2.08. The van der Waals surface area contributed by atoms with Crippen LogP contribution >= 0.6 is 0 Å². The summed E-state index contributed by atoms with van der Waals surface area (Å²) >= 11 is 0. The third-order valence-corrected chi connectivity index (χ3v) is 3.82. The van der Waals surface area contributed by atoms with Crippen molar-refractivity contribution >= 4 is 0 Å². The monoisotopic (exact) mass is 316 g/mol. The Bertz CT molecular complexity index is 833. The lowest BCUT2D eigenvalue weighted by atomic mass is 10.2. The molecule has 6 heteroatoms. The summed E-state index contributed by atoms with van der Waals surface area (Å²) in [6.07, 6.45) is 3.73. The normalized spacial score (nSPS) is 10.8. The first-order valence-corrected chi connectivity index (χ1v) is 7.76. The van der Waals surface area contributed by atoms with E-state index in [0.29, 0.717) is 12.4 Å². The predicted molar refractivity (Wildman–Crippen MR) is 90.1 cm³/mol. The second-order valence-electron chi connectivity index (χ2n) is 5.51. The van der Waals surface area contributed by atoms with Gasteiger partial charge in [-0.25, -0.2) is 9.67 Å². The van der Waals surface area contributed by atoms with Crippen LogP contribution in [-0.2, 0) is 13.1 Å². The van der Waals surface area contributed by atoms with E-state index in [1.54, 1.807) is 10.9 Å². The molecule has 24 heavy (non-hydrogen) atoms. The van der Waals surface area contributed by atoms with E-state index < -0.39 is 0 Å². The minimum absolute atomic E-state index is 0.612. The molecule has 0 aliphatic heterocycles. The highest BCUT2D eigenvalue weighted by atomic mass is 15.5. The van der Waals surface area contributed by atoms with E-state index >= 15 is 0 Å². The number of rotatable bonds is 5. The third-order valence-electron chi connectivity index (χ3n) is 3.82. The molecule has 0 radical (unpaired) electrons. The molecular weight excluding hydrogens is 300 g/mol. The molecule has 0 aliphatic carbocycles. The lowest BCUT2D eigenvalue weighted by Crippen LogP contribution is -2.08. The number of hydrogen-bond acceptors (Lipinski definition) is 4. The number of aromatic nitrogens is 6. The van der Waals surface area contributed by atoms with Crippen molar-refractivity contribution in [1.82, 2.24) is 29.8 Å². The Labute approximate surface area is 139 Å². The number of benzene rings is 2. The van der Waals surface area contributed by atoms with Crippen molar-refractivity contribution in [3.8, 4) is 11.6 Å². The molecule has 0 bridgehead atoms. The van der Waals surface area contributed by atoms with Gasteiger partial charge in [-0.1, -0.05) is 60.7 Å². The smallest absolute Gasteiger partial charge is 0.218 e. The Kier molecular flexibility index (Phi) is 3.85. The van der Waals surface area contributed by atoms with Crippen LogP contribution in [0.25, 0.3) is 11.6 Å². The molecule has 6 nitrogen and oxygen atoms in total. The first-order valence-electron chi connectivity index (χ1n) is 7.76. The Morgan fingerprint density at radius 2 is 1.42 bits per heavy atom. The van der Waals surface area contributed by atoms with Crippen molar-refractivity contribution in [2.45, 2.75) is 13.1 Å². The predicted octanol–water partition coefficient (Wildman–Crippen LogP) is 2.63. The number of hydrogen-bond donors (Lipinski definition) is 0. The van der Waals surface area contributed by atoms with Gasteiger partial charge in [-0.05, 0) is 21.6 Å². The second kappa shape index (κ2) is 6.45. The molecule has 0 aliphatic rings. The van der Waals surface area contributed by atoms with Gasteiger partial charge in [0.25, 0.3) is 0 Å². The van der Waals surface area contributed by atoms with Gasteiger partial charge in [-0.15, -0.1) is 5.10 Å². The zero-order valence-electron chi connectivity index (χ0n) is 13.0. The van der Waals surface area contributed by atoms with E-state index in [1.165, 1.54) is 5.56 Å². The van der Waals surface area contributed by atoms with Crippen LogP contribution in [0.15, 0.2) is 73.1 Å². The van der Waals surface area contributed by atoms with Crippen LogP contribution in [0.5, 0.6) is 0 Å². The summed E-state index contributed by atoms with van der Waals surface area (Å²) in [4.78, 5) is 4.46. The molecule has 0 atom stereocenters. The van der Waals surface area contributed by atoms with E-state index in [0.717, 1.165) is 17.9 Å². The summed E-state index contributed by atoms with van der Waals surface area (Å²) in [6, 6.07) is 20.4. The number of tetrazole rings is 1. The zero-order chi connectivity index (χ0) is 16.2. The summed E-state index contributed by atoms with van der Waals surface area (Å²) in [5.41, 5.74) is 2.35. The van der Waals surface area contributed by atoms with Crippen LogP contribution in [-0.4, -0.2) is 29.8 Å². The average molecular weight is 316 g/mol. The molecule has 0 saturated carbocycles. The highest BCUT2D eigenvalue weighted by Crippen LogP contribution is 2.16. The molecule has 2 aromatic carbocycles. The van der Waals surface area contributed by atoms with Gasteiger partial charge in [-0.3, -0.25) is 0 Å². The molecule has 0 spiro atoms. The first kappa shape index (κ1) is 14.3. The average Bonchev–Trinajstić information content (AvgIpc) is 3.26. The molecule has 0 N–H and O–H groups in total. The highest BCUT2D eigenvalue weighted by Gasteiger charge is 2.15. The van der Waals surface area contributed by atoms with E-state index in [2.05, 4.69) is 49.3 Å². The molecule has 0 amide bonds. The fourth-order valence-electron chi connectivity index (χ4n) is 2.65. The van der Waals surface area contributed by atoms with Gasteiger partial charge in [0.2, 0.25) is 5.82 Å². The van der Waals surface area contributed by atoms with E-state index in [9.17, 15) is 0 Å². The van der Waals surface area contributed by atoms with Crippen LogP contribution in [0.2, 0.25) is 0 Å². The van der Waals surface area contributed by atoms with Crippen LogP contribution in [0.3, 0.4) is 0 Å². The largest absolute Gasteiger partial charge is 0.324 e. The quantitative estimate of drug-likeness (QED) is 0.568. The van der Waals surface area contributed by atoms with Crippen LogP contribution in [0.1, 0.15) is 11.1 Å². The second-order valence-corrected chi connectivity index (χ2v) is 5.51. The molecule has 2 aromatic heterocycles. The molecule has 2 heterocycles. The molecule has 4 rings (SSSR count). The summed E-state index contributed by atoms with van der Waals surface area (Å²) in [6.45, 7) is 1.34. The van der Waals surface area contributed by atoms with Gasteiger partial charge in [0.15, 0.2) is 5.82 Å². The minimum atomic E-state index is 0.612. The molecule has 0 unspecified atom stereocenters. The van der Waals surface area contributed by atoms with E-state index in [-0.39, 0.29) is 0 Å². The molecular formula is C18H16N6. The minimum Gasteiger partial charge on any atom is -0.324 e. The van der Waals surface area contributed by atoms with Gasteiger partial charge in [0, 0.05) is 18.9 Å². The van der Waals surface area contributed by atoms with Crippen molar-refractivity contribution in [2.24, 2.45) is 0 Å². The molecule has 0 fully saturated rings. The maximum absolute atomic E-state index is 4.46. The van der Waals surface area contributed by atoms with Gasteiger partial charge in [0.05, 0.1) is 6.54 Å². The van der Waals surface area contributed by atoms with Crippen molar-refractivity contribution < 1.29 is 0 Å². The fourth-order valence-corrected chi connectivity index (χ4v) is 2.65. The number of imidazole rings is 1. The SMILES string of the molecule is c1ccc(Cn2ccnc2-c2nnnn2Cc2ccccc2)cc1. The van der Waals surface area contributed by atoms with Crippen LogP contribution in [0.4, 0.5) is 0 Å². The topological polar surface area (TPSA) is 61.4 Å². The van der Waals surface area contributed by atoms with Gasteiger partial charge < -0.3 is 4.57 Å². The maximum atomic E-state index is 4.46. The molecule has 118 valence electrons. The zero-order valence-corrected chi connectivity index (χ0v) is 13.0. The maximum Gasteiger partial charge on any atom is 0.218 e. The van der Waals surface area contributed by atoms with E-state index in [4.69, 9.17) is 0 Å². The Hall–Kier alpha value is -3.28. The Balaban J connectivity index is 1.64. The summed E-state index contributed by atoms with van der Waals surface area (Å²) in [5, 5.41) is 12.1. The summed E-state index contributed by atoms with van der Waals surface area (Å²) < 4.78 is 3.84. The van der Waals surface area contributed by atoms with Gasteiger partial charge in [-0.2, -0.15) is 0 Å². The first-order chi connectivity index (χ1) is 11.9. The fraction of sp³-hybridized carbons (Fsp3) is 0.111. The van der Waals surface area contributed by atoms with Crippen molar-refractivity contribution in [1.29, 1.82) is 0 Å². The van der Waals surface area contributed by atoms with Gasteiger partial charge >= 0.3 is 0 Å². The van der Waals surface area contributed by atoms with Crippen molar-refractivity contribution in [3.63, 3.8) is 0 Å². The lowest BCUT2D eigenvalue weighted by molar-refractivity contribution is 0.647. The summed E-state index contributed by atoms with van der Waals surface area (Å²) in [5.74, 6) is 1.43. The van der Waals surface area contributed by atoms with Gasteiger partial charge in [0.1, 0.15) is 0 Å².